The zero-order valence-electron chi connectivity index (χ0n) is 10.6. The molecule has 0 amide bonds. The van der Waals surface area contributed by atoms with Gasteiger partial charge in [-0.2, -0.15) is 13.2 Å². The third-order valence-electron chi connectivity index (χ3n) is 2.75. The van der Waals surface area contributed by atoms with Gasteiger partial charge in [-0.05, 0) is 24.3 Å². The van der Waals surface area contributed by atoms with Crippen molar-refractivity contribution in [2.45, 2.75) is 6.18 Å². The van der Waals surface area contributed by atoms with Gasteiger partial charge in [0.05, 0.1) is 22.0 Å². The topological polar surface area (TPSA) is 76.2 Å². The van der Waals surface area contributed by atoms with Crippen LogP contribution in [0.25, 0.3) is 11.3 Å². The van der Waals surface area contributed by atoms with Crippen molar-refractivity contribution in [1.29, 1.82) is 0 Å². The van der Waals surface area contributed by atoms with Crippen LogP contribution < -0.4 is 5.73 Å². The molecule has 22 heavy (non-hydrogen) atoms. The van der Waals surface area contributed by atoms with Crippen molar-refractivity contribution < 1.29 is 23.1 Å². The fourth-order valence-electron chi connectivity index (χ4n) is 1.80. The Morgan fingerprint density at radius 2 is 1.86 bits per heavy atom. The van der Waals surface area contributed by atoms with Crippen LogP contribution >= 0.6 is 23.2 Å². The summed E-state index contributed by atoms with van der Waals surface area (Å²) in [5.74, 6) is -1.54. The number of pyridine rings is 1. The maximum absolute atomic E-state index is 13.1. The molecule has 0 spiro atoms. The van der Waals surface area contributed by atoms with Crippen LogP contribution in [0.5, 0.6) is 0 Å². The van der Waals surface area contributed by atoms with E-state index in [-0.39, 0.29) is 15.6 Å². The highest BCUT2D eigenvalue weighted by Crippen LogP contribution is 2.40. The molecule has 0 saturated heterocycles. The molecule has 9 heteroatoms. The van der Waals surface area contributed by atoms with E-state index in [4.69, 9.17) is 34.0 Å². The number of alkyl halides is 3. The molecule has 0 fully saturated rings. The molecule has 0 aliphatic rings. The first kappa shape index (κ1) is 16.4. The Labute approximate surface area is 132 Å². The first-order valence-electron chi connectivity index (χ1n) is 5.67. The minimum absolute atomic E-state index is 0.0911. The van der Waals surface area contributed by atoms with Gasteiger partial charge in [-0.3, -0.25) is 0 Å². The van der Waals surface area contributed by atoms with Crippen LogP contribution in [0.15, 0.2) is 24.3 Å². The lowest BCUT2D eigenvalue weighted by atomic mass is 10.0. The number of nitrogens with zero attached hydrogens (tertiary/aromatic N) is 1. The molecular weight excluding hydrogens is 344 g/mol. The van der Waals surface area contributed by atoms with E-state index in [9.17, 15) is 18.0 Å². The number of carbonyl (C=O) groups is 1. The van der Waals surface area contributed by atoms with Gasteiger partial charge in [-0.15, -0.1) is 0 Å². The quantitative estimate of drug-likeness (QED) is 0.843. The van der Waals surface area contributed by atoms with Gasteiger partial charge in [0.2, 0.25) is 0 Å². The van der Waals surface area contributed by atoms with Gasteiger partial charge in [0.1, 0.15) is 0 Å². The average Bonchev–Trinajstić information content (AvgIpc) is 2.37. The van der Waals surface area contributed by atoms with Gasteiger partial charge in [0, 0.05) is 10.6 Å². The standard InChI is InChI=1S/C13H7Cl2F3N2O2/c14-5-1-2-6(8(15)3-5)10-7(13(16,17)18)4-9(19)11(20-10)12(21)22/h1-4H,19H2,(H,21,22). The lowest BCUT2D eigenvalue weighted by Crippen LogP contribution is -2.14. The molecule has 0 radical (unpaired) electrons. The molecule has 0 atom stereocenters. The second kappa shape index (κ2) is 5.66. The third-order valence-corrected chi connectivity index (χ3v) is 3.29. The second-order valence-corrected chi connectivity index (χ2v) is 5.09. The van der Waals surface area contributed by atoms with Gasteiger partial charge in [0.15, 0.2) is 5.69 Å². The summed E-state index contributed by atoms with van der Waals surface area (Å²) >= 11 is 11.6. The summed E-state index contributed by atoms with van der Waals surface area (Å²) in [6.07, 6.45) is -4.78. The van der Waals surface area contributed by atoms with Crippen molar-refractivity contribution in [2.75, 3.05) is 5.73 Å². The van der Waals surface area contributed by atoms with Crippen LogP contribution in [0.2, 0.25) is 10.0 Å². The number of carboxylic acids is 1. The van der Waals surface area contributed by atoms with E-state index in [0.717, 1.165) is 0 Å². The van der Waals surface area contributed by atoms with Crippen LogP contribution in [0, 0.1) is 0 Å². The van der Waals surface area contributed by atoms with E-state index in [1.165, 1.54) is 18.2 Å². The SMILES string of the molecule is Nc1cc(C(F)(F)F)c(-c2ccc(Cl)cc2Cl)nc1C(=O)O. The maximum atomic E-state index is 13.1. The number of hydrogen-bond donors (Lipinski definition) is 2. The summed E-state index contributed by atoms with van der Waals surface area (Å²) in [5, 5.41) is 9.09. The largest absolute Gasteiger partial charge is 0.476 e. The molecule has 0 unspecified atom stereocenters. The van der Waals surface area contributed by atoms with E-state index in [2.05, 4.69) is 4.98 Å². The summed E-state index contributed by atoms with van der Waals surface area (Å²) in [6, 6.07) is 4.30. The second-order valence-electron chi connectivity index (χ2n) is 4.25. The Bertz CT molecular complexity index is 764. The molecule has 0 bridgehead atoms. The number of nitrogens with two attached hydrogens (primary N) is 1. The summed E-state index contributed by atoms with van der Waals surface area (Å²) in [7, 11) is 0. The number of halogens is 5. The third kappa shape index (κ3) is 3.10. The van der Waals surface area contributed by atoms with E-state index >= 15 is 0 Å². The van der Waals surface area contributed by atoms with Crippen LogP contribution in [0.3, 0.4) is 0 Å². The highest BCUT2D eigenvalue weighted by Gasteiger charge is 2.36. The lowest BCUT2D eigenvalue weighted by Gasteiger charge is -2.15. The van der Waals surface area contributed by atoms with Crippen molar-refractivity contribution in [2.24, 2.45) is 0 Å². The number of benzene rings is 1. The molecule has 0 saturated carbocycles. The molecule has 4 nitrogen and oxygen atoms in total. The lowest BCUT2D eigenvalue weighted by molar-refractivity contribution is -0.137. The normalized spacial score (nSPS) is 11.5. The highest BCUT2D eigenvalue weighted by atomic mass is 35.5. The zero-order valence-corrected chi connectivity index (χ0v) is 12.1. The Balaban J connectivity index is 2.82. The average molecular weight is 351 g/mol. The van der Waals surface area contributed by atoms with Crippen molar-refractivity contribution >= 4 is 34.9 Å². The number of aromatic nitrogens is 1. The molecule has 1 aromatic carbocycles. The van der Waals surface area contributed by atoms with E-state index in [1.54, 1.807) is 0 Å². The predicted molar refractivity (Wildman–Crippen MR) is 76.1 cm³/mol. The van der Waals surface area contributed by atoms with Crippen molar-refractivity contribution in [3.8, 4) is 11.3 Å². The fourth-order valence-corrected chi connectivity index (χ4v) is 2.30. The number of anilines is 1. The van der Waals surface area contributed by atoms with E-state index < -0.39 is 34.8 Å². The summed E-state index contributed by atoms with van der Waals surface area (Å²) in [5.41, 5.74) is 2.15. The number of aromatic carboxylic acids is 1. The smallest absolute Gasteiger partial charge is 0.418 e. The van der Waals surface area contributed by atoms with Gasteiger partial charge in [-0.1, -0.05) is 23.2 Å². The number of carboxylic acid groups (broad SMARTS) is 1. The van der Waals surface area contributed by atoms with Crippen LogP contribution in [-0.4, -0.2) is 16.1 Å². The first-order chi connectivity index (χ1) is 10.1. The molecule has 1 heterocycles. The van der Waals surface area contributed by atoms with Gasteiger partial charge in [-0.25, -0.2) is 9.78 Å². The molecule has 2 rings (SSSR count). The van der Waals surface area contributed by atoms with Crippen LogP contribution in [0.4, 0.5) is 18.9 Å². The molecular formula is C13H7Cl2F3N2O2. The number of nitrogen functional groups attached to an aromatic ring is 1. The molecule has 2 aromatic rings. The van der Waals surface area contributed by atoms with Gasteiger partial charge >= 0.3 is 12.1 Å². The monoisotopic (exact) mass is 350 g/mol. The Morgan fingerprint density at radius 3 is 2.36 bits per heavy atom. The molecule has 3 N–H and O–H groups in total. The minimum Gasteiger partial charge on any atom is -0.476 e. The predicted octanol–water partition coefficient (Wildman–Crippen LogP) is 4.35. The fraction of sp³-hybridized carbons (Fsp3) is 0.0769. The van der Waals surface area contributed by atoms with E-state index in [1.807, 2.05) is 0 Å². The summed E-state index contributed by atoms with van der Waals surface area (Å²) in [6.45, 7) is 0. The zero-order chi connectivity index (χ0) is 16.7. The van der Waals surface area contributed by atoms with E-state index in [0.29, 0.717) is 6.07 Å². The Morgan fingerprint density at radius 1 is 1.23 bits per heavy atom. The molecule has 116 valence electrons. The Kier molecular flexibility index (Phi) is 4.21. The number of rotatable bonds is 2. The maximum Gasteiger partial charge on any atom is 0.418 e. The van der Waals surface area contributed by atoms with Crippen molar-refractivity contribution in [3.63, 3.8) is 0 Å². The van der Waals surface area contributed by atoms with Crippen molar-refractivity contribution in [1.82, 2.24) is 4.98 Å². The molecule has 0 aliphatic carbocycles. The van der Waals surface area contributed by atoms with Gasteiger partial charge in [0.25, 0.3) is 0 Å². The molecule has 0 aliphatic heterocycles. The Hall–Kier alpha value is -1.99. The van der Waals surface area contributed by atoms with Gasteiger partial charge < -0.3 is 10.8 Å². The first-order valence-corrected chi connectivity index (χ1v) is 6.43. The summed E-state index contributed by atoms with van der Waals surface area (Å²) < 4.78 is 39.4. The number of hydrogen-bond acceptors (Lipinski definition) is 3. The van der Waals surface area contributed by atoms with Crippen LogP contribution in [0.1, 0.15) is 16.1 Å². The molecule has 1 aromatic heterocycles. The van der Waals surface area contributed by atoms with Crippen LogP contribution in [-0.2, 0) is 6.18 Å². The van der Waals surface area contributed by atoms with Crippen molar-refractivity contribution in [3.05, 3.63) is 45.6 Å². The highest BCUT2D eigenvalue weighted by molar-refractivity contribution is 6.36. The minimum atomic E-state index is -4.78. The summed E-state index contributed by atoms with van der Waals surface area (Å²) in [4.78, 5) is 14.6.